The molecule has 0 aromatic heterocycles. The molecule has 0 unspecified atom stereocenters. The van der Waals surface area contributed by atoms with Crippen molar-refractivity contribution in [2.45, 2.75) is 24.9 Å². The summed E-state index contributed by atoms with van der Waals surface area (Å²) >= 11 is 3.14. The van der Waals surface area contributed by atoms with Gasteiger partial charge in [-0.2, -0.15) is 23.5 Å². The van der Waals surface area contributed by atoms with E-state index in [1.165, 1.54) is 0 Å². The summed E-state index contributed by atoms with van der Waals surface area (Å²) in [6.45, 7) is 0.742. The van der Waals surface area contributed by atoms with Gasteiger partial charge in [-0.25, -0.2) is 0 Å². The Kier molecular flexibility index (Phi) is 12.0. The second kappa shape index (κ2) is 12.3. The molecule has 20 heavy (non-hydrogen) atoms. The first-order chi connectivity index (χ1) is 9.52. The van der Waals surface area contributed by atoms with Crippen LogP contribution in [-0.2, 0) is 9.59 Å². The van der Waals surface area contributed by atoms with Gasteiger partial charge < -0.3 is 30.4 Å². The topological polar surface area (TPSA) is 104 Å². The van der Waals surface area contributed by atoms with Gasteiger partial charge in [0.25, 0.3) is 0 Å². The maximum atomic E-state index is 10.9. The van der Waals surface area contributed by atoms with Gasteiger partial charge in [0.2, 0.25) is 0 Å². The van der Waals surface area contributed by atoms with Crippen LogP contribution in [-0.4, -0.2) is 61.1 Å². The van der Waals surface area contributed by atoms with E-state index < -0.39 is 24.0 Å². The predicted molar refractivity (Wildman–Crippen MR) is 79.6 cm³/mol. The van der Waals surface area contributed by atoms with Crippen molar-refractivity contribution in [3.05, 3.63) is 0 Å². The molecule has 0 spiro atoms. The predicted octanol–water partition coefficient (Wildman–Crippen LogP) is -2.09. The van der Waals surface area contributed by atoms with E-state index in [9.17, 15) is 19.8 Å². The number of aliphatic carboxylic acids is 2. The molecule has 0 amide bonds. The highest BCUT2D eigenvalue weighted by Crippen LogP contribution is 2.01. The van der Waals surface area contributed by atoms with E-state index in [0.717, 1.165) is 11.5 Å². The van der Waals surface area contributed by atoms with Crippen LogP contribution in [0.15, 0.2) is 0 Å². The van der Waals surface area contributed by atoms with Crippen molar-refractivity contribution in [1.82, 2.24) is 10.6 Å². The fourth-order valence-corrected chi connectivity index (χ4v) is 2.51. The molecule has 0 aromatic carbocycles. The minimum Gasteiger partial charge on any atom is -0.548 e. The van der Waals surface area contributed by atoms with E-state index in [-0.39, 0.29) is 0 Å². The summed E-state index contributed by atoms with van der Waals surface area (Å²) in [6, 6.07) is -1.39. The monoisotopic (exact) mass is 322 g/mol. The average molecular weight is 322 g/mol. The Bertz CT molecular complexity index is 265. The zero-order valence-corrected chi connectivity index (χ0v) is 13.5. The second-order valence-electron chi connectivity index (χ2n) is 4.21. The van der Waals surface area contributed by atoms with Crippen molar-refractivity contribution < 1.29 is 19.8 Å². The largest absolute Gasteiger partial charge is 0.548 e. The van der Waals surface area contributed by atoms with Gasteiger partial charge in [-0.05, 0) is 36.9 Å². The van der Waals surface area contributed by atoms with Crippen LogP contribution < -0.4 is 20.8 Å². The number of hydrogen-bond acceptors (Lipinski definition) is 8. The first-order valence-corrected chi connectivity index (χ1v) is 9.18. The van der Waals surface area contributed by atoms with Gasteiger partial charge in [0, 0.05) is 25.2 Å². The molecule has 0 rings (SSSR count). The number of nitrogens with one attached hydrogen (secondary N) is 2. The van der Waals surface area contributed by atoms with Crippen LogP contribution in [0.4, 0.5) is 0 Å². The number of carboxylic acids is 2. The van der Waals surface area contributed by atoms with Crippen LogP contribution in [0.5, 0.6) is 0 Å². The first kappa shape index (κ1) is 19.6. The van der Waals surface area contributed by atoms with Gasteiger partial charge in [0.05, 0.1) is 11.9 Å². The molecule has 0 aliphatic rings. The lowest BCUT2D eigenvalue weighted by Crippen LogP contribution is -2.50. The van der Waals surface area contributed by atoms with E-state index in [2.05, 4.69) is 10.6 Å². The normalized spacial score (nSPS) is 13.9. The summed E-state index contributed by atoms with van der Waals surface area (Å²) in [5.41, 5.74) is 0. The first-order valence-electron chi connectivity index (χ1n) is 6.39. The molecule has 0 radical (unpaired) electrons. The smallest absolute Gasteiger partial charge is 0.0584 e. The van der Waals surface area contributed by atoms with Crippen molar-refractivity contribution in [2.75, 3.05) is 37.1 Å². The molecule has 6 nitrogen and oxygen atoms in total. The van der Waals surface area contributed by atoms with Crippen LogP contribution in [0, 0.1) is 0 Å². The third-order valence-electron chi connectivity index (χ3n) is 2.70. The zero-order chi connectivity index (χ0) is 15.4. The number of thioether (sulfide) groups is 2. The van der Waals surface area contributed by atoms with Gasteiger partial charge >= 0.3 is 0 Å². The fourth-order valence-electron chi connectivity index (χ4n) is 1.57. The van der Waals surface area contributed by atoms with Crippen LogP contribution in [0.1, 0.15) is 12.8 Å². The molecule has 0 bridgehead atoms. The van der Waals surface area contributed by atoms with Gasteiger partial charge in [0.15, 0.2) is 0 Å². The molecule has 118 valence electrons. The molecule has 0 aliphatic carbocycles. The molecule has 0 heterocycles. The van der Waals surface area contributed by atoms with Crippen molar-refractivity contribution in [3.63, 3.8) is 0 Å². The molecule has 0 saturated heterocycles. The minimum atomic E-state index is -1.13. The molecule has 8 heteroatoms. The summed E-state index contributed by atoms with van der Waals surface area (Å²) in [5.74, 6) is -0.793. The molecule has 0 saturated carbocycles. The molecular weight excluding hydrogens is 300 g/mol. The Labute approximate surface area is 128 Å². The van der Waals surface area contributed by atoms with E-state index in [4.69, 9.17) is 0 Å². The Morgan fingerprint density at radius 2 is 1.25 bits per heavy atom. The fraction of sp³-hybridized carbons (Fsp3) is 0.833. The zero-order valence-electron chi connectivity index (χ0n) is 11.8. The molecule has 0 aliphatic heterocycles. The van der Waals surface area contributed by atoms with Crippen molar-refractivity contribution in [3.8, 4) is 0 Å². The number of carboxylic acid groups (broad SMARTS) is 2. The molecule has 2 N–H and O–H groups in total. The van der Waals surface area contributed by atoms with Crippen molar-refractivity contribution in [1.29, 1.82) is 0 Å². The lowest BCUT2D eigenvalue weighted by molar-refractivity contribution is -0.310. The summed E-state index contributed by atoms with van der Waals surface area (Å²) in [6.07, 6.45) is 4.79. The molecule has 0 fully saturated rings. The second-order valence-corrected chi connectivity index (χ2v) is 6.19. The summed E-state index contributed by atoms with van der Waals surface area (Å²) in [5, 5.41) is 27.4. The Hall–Kier alpha value is -0.440. The summed E-state index contributed by atoms with van der Waals surface area (Å²) in [4.78, 5) is 21.7. The lowest BCUT2D eigenvalue weighted by atomic mass is 10.2. The number of hydrogen-bond donors (Lipinski definition) is 2. The summed E-state index contributed by atoms with van der Waals surface area (Å²) in [7, 11) is 0. The highest BCUT2D eigenvalue weighted by atomic mass is 32.2. The Morgan fingerprint density at radius 1 is 0.900 bits per heavy atom. The molecule has 2 atom stereocenters. The van der Waals surface area contributed by atoms with Gasteiger partial charge in [0.1, 0.15) is 0 Å². The number of carbonyl (C=O) groups excluding carboxylic acids is 2. The third-order valence-corrected chi connectivity index (χ3v) is 3.98. The van der Waals surface area contributed by atoms with Crippen molar-refractivity contribution >= 4 is 35.5 Å². The van der Waals surface area contributed by atoms with E-state index >= 15 is 0 Å². The van der Waals surface area contributed by atoms with E-state index in [1.807, 2.05) is 12.5 Å². The quantitative estimate of drug-likeness (QED) is 0.372. The van der Waals surface area contributed by atoms with Gasteiger partial charge in [-0.1, -0.05) is 0 Å². The maximum absolute atomic E-state index is 10.9. The van der Waals surface area contributed by atoms with E-state index in [1.54, 1.807) is 23.5 Å². The highest BCUT2D eigenvalue weighted by molar-refractivity contribution is 7.98. The van der Waals surface area contributed by atoms with Crippen molar-refractivity contribution in [2.24, 2.45) is 0 Å². The average Bonchev–Trinajstić information content (AvgIpc) is 2.40. The van der Waals surface area contributed by atoms with Crippen LogP contribution in [0.2, 0.25) is 0 Å². The lowest BCUT2D eigenvalue weighted by Gasteiger charge is -2.22. The minimum absolute atomic E-state index is 0.371. The van der Waals surface area contributed by atoms with Crippen LogP contribution in [0.3, 0.4) is 0 Å². The Balaban J connectivity index is 3.94. The highest BCUT2D eigenvalue weighted by Gasteiger charge is 2.10. The Morgan fingerprint density at radius 3 is 1.50 bits per heavy atom. The number of carbonyl (C=O) groups is 2. The maximum Gasteiger partial charge on any atom is 0.0584 e. The third kappa shape index (κ3) is 9.46. The SMILES string of the molecule is CSCC[C@H](NCCN[C@@H](CCSC)C(=O)[O-])C(=O)[O-]. The van der Waals surface area contributed by atoms with Crippen LogP contribution in [0.25, 0.3) is 0 Å². The standard InChI is InChI=1S/C12H24N2O4S2/c1-19-7-3-9(11(15)16)13-5-6-14-10(12(17)18)4-8-20-2/h9-10,13-14H,3-8H2,1-2H3,(H,15,16)(H,17,18)/p-2/t9-,10-/m0/s1. The summed E-state index contributed by atoms with van der Waals surface area (Å²) < 4.78 is 0. The number of rotatable bonds is 13. The molecule has 0 aromatic rings. The van der Waals surface area contributed by atoms with Crippen LogP contribution >= 0.6 is 23.5 Å². The van der Waals surface area contributed by atoms with E-state index in [0.29, 0.717) is 25.9 Å². The molecular formula is C12H22N2O4S2-2. The van der Waals surface area contributed by atoms with Gasteiger partial charge in [-0.15, -0.1) is 0 Å². The van der Waals surface area contributed by atoms with Gasteiger partial charge in [-0.3, -0.25) is 0 Å².